The van der Waals surface area contributed by atoms with Gasteiger partial charge in [-0.3, -0.25) is 9.69 Å². The van der Waals surface area contributed by atoms with E-state index in [1.807, 2.05) is 12.1 Å². The van der Waals surface area contributed by atoms with E-state index in [4.69, 9.17) is 5.73 Å². The molecule has 1 aromatic rings. The summed E-state index contributed by atoms with van der Waals surface area (Å²) in [6.07, 6.45) is 10.2. The van der Waals surface area contributed by atoms with E-state index in [1.165, 1.54) is 44.3 Å². The second kappa shape index (κ2) is 11.2. The van der Waals surface area contributed by atoms with Gasteiger partial charge in [0.2, 0.25) is 5.91 Å². The van der Waals surface area contributed by atoms with Crippen molar-refractivity contribution in [3.8, 4) is 0 Å². The van der Waals surface area contributed by atoms with Crippen LogP contribution in [0.3, 0.4) is 0 Å². The van der Waals surface area contributed by atoms with Crippen molar-refractivity contribution < 1.29 is 4.79 Å². The van der Waals surface area contributed by atoms with Gasteiger partial charge in [-0.2, -0.15) is 0 Å². The number of carbonyl (C=O) groups excluding carboxylic acids is 1. The van der Waals surface area contributed by atoms with Gasteiger partial charge in [0, 0.05) is 18.7 Å². The highest BCUT2D eigenvalue weighted by Gasteiger charge is 2.09. The molecule has 0 aromatic heterocycles. The zero-order valence-corrected chi connectivity index (χ0v) is 14.9. The normalized spacial score (nSPS) is 15.9. The molecular formula is C20H33N3O. The highest BCUT2D eigenvalue weighted by Crippen LogP contribution is 2.16. The van der Waals surface area contributed by atoms with Gasteiger partial charge >= 0.3 is 0 Å². The third-order valence-corrected chi connectivity index (χ3v) is 4.70. The maximum absolute atomic E-state index is 11.9. The predicted octanol–water partition coefficient (Wildman–Crippen LogP) is 3.91. The molecule has 2 rings (SSSR count). The summed E-state index contributed by atoms with van der Waals surface area (Å²) in [7, 11) is 0. The standard InChI is InChI=1S/C20H33N3O/c21-14-6-2-1-5-9-20(24)22-19-12-10-18(11-13-19)17-23-15-7-3-4-8-16-23/h10-13H,1-9,14-17,21H2,(H,22,24). The van der Waals surface area contributed by atoms with Crippen LogP contribution < -0.4 is 11.1 Å². The Hall–Kier alpha value is -1.39. The molecular weight excluding hydrogens is 298 g/mol. The summed E-state index contributed by atoms with van der Waals surface area (Å²) >= 11 is 0. The lowest BCUT2D eigenvalue weighted by atomic mass is 10.1. The van der Waals surface area contributed by atoms with E-state index in [-0.39, 0.29) is 5.91 Å². The quantitative estimate of drug-likeness (QED) is 0.675. The molecule has 1 amide bonds. The van der Waals surface area contributed by atoms with Gasteiger partial charge in [0.25, 0.3) is 0 Å². The van der Waals surface area contributed by atoms with E-state index in [2.05, 4.69) is 22.3 Å². The zero-order chi connectivity index (χ0) is 17.0. The van der Waals surface area contributed by atoms with Gasteiger partial charge < -0.3 is 11.1 Å². The van der Waals surface area contributed by atoms with Crippen molar-refractivity contribution in [2.24, 2.45) is 5.73 Å². The third-order valence-electron chi connectivity index (χ3n) is 4.70. The van der Waals surface area contributed by atoms with E-state index >= 15 is 0 Å². The largest absolute Gasteiger partial charge is 0.330 e. The number of likely N-dealkylation sites (tertiary alicyclic amines) is 1. The van der Waals surface area contributed by atoms with Gasteiger partial charge in [0.1, 0.15) is 0 Å². The molecule has 0 radical (unpaired) electrons. The lowest BCUT2D eigenvalue weighted by molar-refractivity contribution is -0.116. The molecule has 1 saturated heterocycles. The van der Waals surface area contributed by atoms with Crippen LogP contribution in [0.1, 0.15) is 63.4 Å². The van der Waals surface area contributed by atoms with E-state index < -0.39 is 0 Å². The van der Waals surface area contributed by atoms with Gasteiger partial charge in [0.05, 0.1) is 0 Å². The van der Waals surface area contributed by atoms with Crippen LogP contribution in [0.25, 0.3) is 0 Å². The number of unbranched alkanes of at least 4 members (excludes halogenated alkanes) is 3. The maximum Gasteiger partial charge on any atom is 0.224 e. The van der Waals surface area contributed by atoms with Crippen molar-refractivity contribution in [3.63, 3.8) is 0 Å². The lowest BCUT2D eigenvalue weighted by Gasteiger charge is -2.19. The Bertz CT molecular complexity index is 464. The molecule has 1 aliphatic rings. The number of rotatable bonds is 9. The number of nitrogens with two attached hydrogens (primary N) is 1. The van der Waals surface area contributed by atoms with Crippen molar-refractivity contribution >= 4 is 11.6 Å². The number of amides is 1. The van der Waals surface area contributed by atoms with Crippen LogP contribution in [-0.2, 0) is 11.3 Å². The second-order valence-corrected chi connectivity index (χ2v) is 6.89. The van der Waals surface area contributed by atoms with Crippen LogP contribution in [0.2, 0.25) is 0 Å². The number of carbonyl (C=O) groups is 1. The Balaban J connectivity index is 1.70. The summed E-state index contributed by atoms with van der Waals surface area (Å²) in [5.41, 5.74) is 7.70. The van der Waals surface area contributed by atoms with Crippen molar-refractivity contribution in [1.29, 1.82) is 0 Å². The van der Waals surface area contributed by atoms with Crippen LogP contribution >= 0.6 is 0 Å². The third kappa shape index (κ3) is 7.45. The van der Waals surface area contributed by atoms with Gasteiger partial charge in [-0.05, 0) is 63.0 Å². The van der Waals surface area contributed by atoms with Crippen LogP contribution in [0, 0.1) is 0 Å². The first kappa shape index (κ1) is 18.9. The molecule has 4 heteroatoms. The minimum Gasteiger partial charge on any atom is -0.330 e. The van der Waals surface area contributed by atoms with E-state index in [0.717, 1.165) is 44.5 Å². The molecule has 0 bridgehead atoms. The minimum absolute atomic E-state index is 0.114. The van der Waals surface area contributed by atoms with E-state index in [0.29, 0.717) is 6.42 Å². The van der Waals surface area contributed by atoms with Crippen LogP contribution in [0.15, 0.2) is 24.3 Å². The van der Waals surface area contributed by atoms with Gasteiger partial charge in [-0.15, -0.1) is 0 Å². The first-order chi connectivity index (χ1) is 11.8. The van der Waals surface area contributed by atoms with Crippen molar-refractivity contribution in [2.75, 3.05) is 25.0 Å². The van der Waals surface area contributed by atoms with Crippen LogP contribution in [0.5, 0.6) is 0 Å². The summed E-state index contributed by atoms with van der Waals surface area (Å²) in [5.74, 6) is 0.114. The molecule has 1 heterocycles. The molecule has 0 spiro atoms. The topological polar surface area (TPSA) is 58.4 Å². The second-order valence-electron chi connectivity index (χ2n) is 6.89. The number of hydrogen-bond acceptors (Lipinski definition) is 3. The first-order valence-corrected chi connectivity index (χ1v) is 9.59. The Labute approximate surface area is 146 Å². The Morgan fingerprint density at radius 3 is 2.29 bits per heavy atom. The van der Waals surface area contributed by atoms with Crippen LogP contribution in [-0.4, -0.2) is 30.4 Å². The monoisotopic (exact) mass is 331 g/mol. The molecule has 1 aliphatic heterocycles. The van der Waals surface area contributed by atoms with Crippen molar-refractivity contribution in [2.45, 2.75) is 64.3 Å². The lowest BCUT2D eigenvalue weighted by Crippen LogP contribution is -2.23. The Morgan fingerprint density at radius 1 is 0.958 bits per heavy atom. The molecule has 0 aliphatic carbocycles. The summed E-state index contributed by atoms with van der Waals surface area (Å²) < 4.78 is 0. The highest BCUT2D eigenvalue weighted by molar-refractivity contribution is 5.90. The fourth-order valence-corrected chi connectivity index (χ4v) is 3.25. The minimum atomic E-state index is 0.114. The maximum atomic E-state index is 11.9. The number of nitrogens with zero attached hydrogens (tertiary/aromatic N) is 1. The molecule has 0 unspecified atom stereocenters. The first-order valence-electron chi connectivity index (χ1n) is 9.59. The molecule has 3 N–H and O–H groups in total. The fraction of sp³-hybridized carbons (Fsp3) is 0.650. The highest BCUT2D eigenvalue weighted by atomic mass is 16.1. The van der Waals surface area contributed by atoms with Gasteiger partial charge in [-0.25, -0.2) is 0 Å². The predicted molar refractivity (Wildman–Crippen MR) is 101 cm³/mol. The van der Waals surface area contributed by atoms with Gasteiger partial charge in [0.15, 0.2) is 0 Å². The number of hydrogen-bond donors (Lipinski definition) is 2. The molecule has 0 saturated carbocycles. The molecule has 1 aromatic carbocycles. The number of nitrogens with one attached hydrogen (secondary N) is 1. The van der Waals surface area contributed by atoms with E-state index in [1.54, 1.807) is 0 Å². The Kier molecular flexibility index (Phi) is 8.85. The zero-order valence-electron chi connectivity index (χ0n) is 14.9. The molecule has 0 atom stereocenters. The molecule has 4 nitrogen and oxygen atoms in total. The van der Waals surface area contributed by atoms with Crippen molar-refractivity contribution in [1.82, 2.24) is 4.90 Å². The number of anilines is 1. The summed E-state index contributed by atoms with van der Waals surface area (Å²) in [4.78, 5) is 14.5. The van der Waals surface area contributed by atoms with E-state index in [9.17, 15) is 4.79 Å². The van der Waals surface area contributed by atoms with Gasteiger partial charge in [-0.1, -0.05) is 37.8 Å². The molecule has 24 heavy (non-hydrogen) atoms. The fourth-order valence-electron chi connectivity index (χ4n) is 3.25. The summed E-state index contributed by atoms with van der Waals surface area (Å²) in [5, 5.41) is 3.00. The van der Waals surface area contributed by atoms with Crippen molar-refractivity contribution in [3.05, 3.63) is 29.8 Å². The summed E-state index contributed by atoms with van der Waals surface area (Å²) in [6.45, 7) is 4.19. The smallest absolute Gasteiger partial charge is 0.224 e. The summed E-state index contributed by atoms with van der Waals surface area (Å²) in [6, 6.07) is 8.34. The molecule has 1 fully saturated rings. The Morgan fingerprint density at radius 2 is 1.62 bits per heavy atom. The molecule has 134 valence electrons. The SMILES string of the molecule is NCCCCCCC(=O)Nc1ccc(CN2CCCCCC2)cc1. The van der Waals surface area contributed by atoms with Crippen LogP contribution in [0.4, 0.5) is 5.69 Å². The number of benzene rings is 1. The average molecular weight is 332 g/mol. The average Bonchev–Trinajstić information content (AvgIpc) is 2.85.